The van der Waals surface area contributed by atoms with Crippen LogP contribution in [0.3, 0.4) is 0 Å². The Morgan fingerprint density at radius 3 is 0.949 bits per heavy atom. The highest BCUT2D eigenvalue weighted by atomic mass is 14.4. The standard InChI is InChI=1S/C39H30/c1-39(2)37-25-33(31-17-13-29(14-18-31)27-9-5-3-6-10-27)21-23-35(37)36-24-22-34(26-38(36)39)32-19-15-30(16-20-32)28-11-7-4-8-12-28/h3-26H,1-2H3. The lowest BCUT2D eigenvalue weighted by Gasteiger charge is -2.22. The van der Waals surface area contributed by atoms with Gasteiger partial charge in [0.1, 0.15) is 0 Å². The summed E-state index contributed by atoms with van der Waals surface area (Å²) in [4.78, 5) is 0. The highest BCUT2D eigenvalue weighted by Gasteiger charge is 2.35. The monoisotopic (exact) mass is 498 g/mol. The van der Waals surface area contributed by atoms with Crippen LogP contribution in [-0.2, 0) is 5.41 Å². The Balaban J connectivity index is 1.20. The fourth-order valence-electron chi connectivity index (χ4n) is 6.07. The first-order valence-corrected chi connectivity index (χ1v) is 13.7. The molecule has 7 rings (SSSR count). The molecule has 0 saturated carbocycles. The molecule has 0 aliphatic heterocycles. The van der Waals surface area contributed by atoms with Crippen LogP contribution in [0.5, 0.6) is 0 Å². The maximum atomic E-state index is 2.40. The van der Waals surface area contributed by atoms with Crippen molar-refractivity contribution in [3.05, 3.63) is 157 Å². The third-order valence-corrected chi connectivity index (χ3v) is 8.33. The van der Waals surface area contributed by atoms with E-state index >= 15 is 0 Å². The van der Waals surface area contributed by atoms with Crippen molar-refractivity contribution in [1.82, 2.24) is 0 Å². The van der Waals surface area contributed by atoms with Gasteiger partial charge in [0.25, 0.3) is 0 Å². The van der Waals surface area contributed by atoms with Crippen LogP contribution >= 0.6 is 0 Å². The van der Waals surface area contributed by atoms with Gasteiger partial charge in [0, 0.05) is 5.41 Å². The van der Waals surface area contributed by atoms with Gasteiger partial charge in [-0.3, -0.25) is 0 Å². The van der Waals surface area contributed by atoms with Crippen LogP contribution in [-0.4, -0.2) is 0 Å². The van der Waals surface area contributed by atoms with E-state index in [9.17, 15) is 0 Å². The molecule has 0 radical (unpaired) electrons. The Morgan fingerprint density at radius 2 is 0.590 bits per heavy atom. The quantitative estimate of drug-likeness (QED) is 0.227. The van der Waals surface area contributed by atoms with Crippen LogP contribution < -0.4 is 0 Å². The topological polar surface area (TPSA) is 0 Å². The molecule has 0 aromatic heterocycles. The van der Waals surface area contributed by atoms with Gasteiger partial charge in [0.2, 0.25) is 0 Å². The van der Waals surface area contributed by atoms with Gasteiger partial charge in [-0.25, -0.2) is 0 Å². The summed E-state index contributed by atoms with van der Waals surface area (Å²) in [6, 6.07) is 53.0. The molecule has 6 aromatic rings. The van der Waals surface area contributed by atoms with Crippen LogP contribution in [0.4, 0.5) is 0 Å². The molecule has 0 nitrogen and oxygen atoms in total. The fraction of sp³-hybridized carbons (Fsp3) is 0.0769. The summed E-state index contributed by atoms with van der Waals surface area (Å²) in [7, 11) is 0. The number of rotatable bonds is 4. The highest BCUT2D eigenvalue weighted by Crippen LogP contribution is 2.50. The molecule has 186 valence electrons. The minimum absolute atomic E-state index is 0.0648. The van der Waals surface area contributed by atoms with Crippen LogP contribution in [0.2, 0.25) is 0 Å². The molecule has 0 N–H and O–H groups in total. The summed E-state index contributed by atoms with van der Waals surface area (Å²) in [6.07, 6.45) is 0. The molecule has 0 amide bonds. The van der Waals surface area contributed by atoms with Gasteiger partial charge in [-0.05, 0) is 78.9 Å². The summed E-state index contributed by atoms with van der Waals surface area (Å²) in [5.41, 5.74) is 15.5. The minimum atomic E-state index is -0.0648. The second kappa shape index (κ2) is 9.26. The number of fused-ring (bicyclic) bond motifs is 3. The summed E-state index contributed by atoms with van der Waals surface area (Å²) in [6.45, 7) is 4.73. The molecule has 39 heavy (non-hydrogen) atoms. The van der Waals surface area contributed by atoms with E-state index in [1.807, 2.05) is 0 Å². The lowest BCUT2D eigenvalue weighted by atomic mass is 9.80. The third kappa shape index (κ3) is 4.10. The van der Waals surface area contributed by atoms with Crippen molar-refractivity contribution in [2.24, 2.45) is 0 Å². The van der Waals surface area contributed by atoms with Crippen molar-refractivity contribution in [2.45, 2.75) is 19.3 Å². The Kier molecular flexibility index (Phi) is 5.56. The second-order valence-corrected chi connectivity index (χ2v) is 11.0. The van der Waals surface area contributed by atoms with Gasteiger partial charge in [-0.15, -0.1) is 0 Å². The third-order valence-electron chi connectivity index (χ3n) is 8.33. The lowest BCUT2D eigenvalue weighted by molar-refractivity contribution is 0.661. The molecule has 0 heterocycles. The van der Waals surface area contributed by atoms with Gasteiger partial charge in [-0.1, -0.05) is 147 Å². The summed E-state index contributed by atoms with van der Waals surface area (Å²) in [5, 5.41) is 0. The zero-order valence-electron chi connectivity index (χ0n) is 22.4. The molecule has 6 aromatic carbocycles. The van der Waals surface area contributed by atoms with E-state index in [1.165, 1.54) is 66.8 Å². The van der Waals surface area contributed by atoms with Crippen LogP contribution in [0, 0.1) is 0 Å². The maximum Gasteiger partial charge on any atom is 0.0159 e. The van der Waals surface area contributed by atoms with Gasteiger partial charge < -0.3 is 0 Å². The van der Waals surface area contributed by atoms with E-state index in [-0.39, 0.29) is 5.41 Å². The summed E-state index contributed by atoms with van der Waals surface area (Å²) in [5.74, 6) is 0. The van der Waals surface area contributed by atoms with E-state index in [1.54, 1.807) is 0 Å². The Morgan fingerprint density at radius 1 is 0.308 bits per heavy atom. The van der Waals surface area contributed by atoms with E-state index in [2.05, 4.69) is 159 Å². The first kappa shape index (κ1) is 23.4. The first-order chi connectivity index (χ1) is 19.1. The fourth-order valence-corrected chi connectivity index (χ4v) is 6.07. The first-order valence-electron chi connectivity index (χ1n) is 13.7. The van der Waals surface area contributed by atoms with Crippen LogP contribution in [0.15, 0.2) is 146 Å². The van der Waals surface area contributed by atoms with Gasteiger partial charge in [0.05, 0.1) is 0 Å². The van der Waals surface area contributed by atoms with Gasteiger partial charge in [0.15, 0.2) is 0 Å². The molecule has 0 spiro atoms. The molecular weight excluding hydrogens is 468 g/mol. The van der Waals surface area contributed by atoms with Crippen molar-refractivity contribution in [3.8, 4) is 55.6 Å². The Labute approximate surface area is 231 Å². The van der Waals surface area contributed by atoms with Crippen LogP contribution in [0.25, 0.3) is 55.6 Å². The molecular formula is C39H30. The van der Waals surface area contributed by atoms with Crippen molar-refractivity contribution in [1.29, 1.82) is 0 Å². The molecule has 0 bridgehead atoms. The predicted octanol–water partition coefficient (Wildman–Crippen LogP) is 10.7. The van der Waals surface area contributed by atoms with E-state index < -0.39 is 0 Å². The molecule has 0 saturated heterocycles. The molecule has 0 atom stereocenters. The van der Waals surface area contributed by atoms with E-state index in [4.69, 9.17) is 0 Å². The largest absolute Gasteiger partial charge is 0.0622 e. The summed E-state index contributed by atoms with van der Waals surface area (Å²) >= 11 is 0. The average molecular weight is 499 g/mol. The van der Waals surface area contributed by atoms with Gasteiger partial charge in [-0.2, -0.15) is 0 Å². The smallest absolute Gasteiger partial charge is 0.0159 e. The Bertz CT molecular complexity index is 1640. The maximum absolute atomic E-state index is 2.40. The van der Waals surface area contributed by atoms with Crippen molar-refractivity contribution < 1.29 is 0 Å². The normalized spacial score (nSPS) is 13.1. The molecule has 1 aliphatic carbocycles. The average Bonchev–Trinajstić information content (AvgIpc) is 3.23. The number of hydrogen-bond donors (Lipinski definition) is 0. The van der Waals surface area contributed by atoms with E-state index in [0.29, 0.717) is 0 Å². The number of benzene rings is 6. The van der Waals surface area contributed by atoms with Gasteiger partial charge >= 0.3 is 0 Å². The second-order valence-electron chi connectivity index (χ2n) is 11.0. The molecule has 0 unspecified atom stereocenters. The summed E-state index contributed by atoms with van der Waals surface area (Å²) < 4.78 is 0. The lowest BCUT2D eigenvalue weighted by Crippen LogP contribution is -2.15. The zero-order chi connectivity index (χ0) is 26.4. The molecule has 1 aliphatic rings. The highest BCUT2D eigenvalue weighted by molar-refractivity contribution is 5.86. The van der Waals surface area contributed by atoms with Crippen LogP contribution in [0.1, 0.15) is 25.0 Å². The molecule has 0 heteroatoms. The van der Waals surface area contributed by atoms with Crippen molar-refractivity contribution >= 4 is 0 Å². The Hall–Kier alpha value is -4.68. The zero-order valence-corrected chi connectivity index (χ0v) is 22.4. The molecule has 0 fully saturated rings. The van der Waals surface area contributed by atoms with E-state index in [0.717, 1.165) is 0 Å². The van der Waals surface area contributed by atoms with Crippen molar-refractivity contribution in [2.75, 3.05) is 0 Å². The predicted molar refractivity (Wildman–Crippen MR) is 166 cm³/mol. The minimum Gasteiger partial charge on any atom is -0.0622 e. The van der Waals surface area contributed by atoms with Crippen molar-refractivity contribution in [3.63, 3.8) is 0 Å². The number of hydrogen-bond acceptors (Lipinski definition) is 0. The SMILES string of the molecule is CC1(C)c2cc(-c3ccc(-c4ccccc4)cc3)ccc2-c2ccc(-c3ccc(-c4ccccc4)cc3)cc21.